The second-order valence-corrected chi connectivity index (χ2v) is 2.90. The van der Waals surface area contributed by atoms with Crippen molar-refractivity contribution in [1.82, 2.24) is 9.97 Å². The van der Waals surface area contributed by atoms with Crippen LogP contribution < -0.4 is 0 Å². The van der Waals surface area contributed by atoms with E-state index in [0.29, 0.717) is 5.89 Å². The molecule has 0 amide bonds. The SMILES string of the molecule is Cc1nc(-c2cccnc2)oc1C. The molecule has 0 atom stereocenters. The van der Waals surface area contributed by atoms with Crippen molar-refractivity contribution in [2.24, 2.45) is 0 Å². The normalized spacial score (nSPS) is 10.3. The highest BCUT2D eigenvalue weighted by Crippen LogP contribution is 2.19. The lowest BCUT2D eigenvalue weighted by Gasteiger charge is -1.91. The van der Waals surface area contributed by atoms with Crippen molar-refractivity contribution in [3.63, 3.8) is 0 Å². The maximum atomic E-state index is 5.45. The molecule has 0 N–H and O–H groups in total. The number of oxazole rings is 1. The summed E-state index contributed by atoms with van der Waals surface area (Å²) >= 11 is 0. The van der Waals surface area contributed by atoms with Gasteiger partial charge in [-0.15, -0.1) is 0 Å². The molecule has 2 aromatic heterocycles. The summed E-state index contributed by atoms with van der Waals surface area (Å²) in [7, 11) is 0. The van der Waals surface area contributed by atoms with Gasteiger partial charge < -0.3 is 4.42 Å². The van der Waals surface area contributed by atoms with Gasteiger partial charge in [-0.2, -0.15) is 0 Å². The van der Waals surface area contributed by atoms with Gasteiger partial charge in [0.25, 0.3) is 0 Å². The lowest BCUT2D eigenvalue weighted by atomic mass is 10.3. The van der Waals surface area contributed by atoms with Crippen LogP contribution >= 0.6 is 0 Å². The number of hydrogen-bond acceptors (Lipinski definition) is 3. The number of aryl methyl sites for hydroxylation is 2. The molecule has 0 saturated heterocycles. The average Bonchev–Trinajstić information content (AvgIpc) is 2.49. The molecule has 0 aliphatic heterocycles. The fraction of sp³-hybridized carbons (Fsp3) is 0.200. The summed E-state index contributed by atoms with van der Waals surface area (Å²) in [5.41, 5.74) is 1.84. The van der Waals surface area contributed by atoms with E-state index in [1.54, 1.807) is 12.4 Å². The van der Waals surface area contributed by atoms with Crippen molar-refractivity contribution in [3.05, 3.63) is 36.0 Å². The van der Waals surface area contributed by atoms with Gasteiger partial charge in [-0.1, -0.05) is 0 Å². The van der Waals surface area contributed by atoms with Crippen molar-refractivity contribution in [2.75, 3.05) is 0 Å². The third-order valence-electron chi connectivity index (χ3n) is 1.94. The molecular weight excluding hydrogens is 164 g/mol. The summed E-state index contributed by atoms with van der Waals surface area (Å²) < 4.78 is 5.45. The molecule has 2 heterocycles. The van der Waals surface area contributed by atoms with E-state index in [-0.39, 0.29) is 0 Å². The monoisotopic (exact) mass is 174 g/mol. The molecule has 0 aliphatic carbocycles. The highest BCUT2D eigenvalue weighted by molar-refractivity contribution is 5.51. The maximum absolute atomic E-state index is 5.45. The Morgan fingerprint density at radius 2 is 2.15 bits per heavy atom. The molecule has 0 unspecified atom stereocenters. The number of rotatable bonds is 1. The smallest absolute Gasteiger partial charge is 0.228 e. The summed E-state index contributed by atoms with van der Waals surface area (Å²) in [5.74, 6) is 1.50. The average molecular weight is 174 g/mol. The minimum atomic E-state index is 0.642. The Labute approximate surface area is 76.5 Å². The fourth-order valence-electron chi connectivity index (χ4n) is 1.09. The van der Waals surface area contributed by atoms with Crippen LogP contribution in [0.4, 0.5) is 0 Å². The Hall–Kier alpha value is -1.64. The molecule has 3 heteroatoms. The molecule has 66 valence electrons. The van der Waals surface area contributed by atoms with E-state index in [0.717, 1.165) is 17.0 Å². The van der Waals surface area contributed by atoms with E-state index in [1.807, 2.05) is 26.0 Å². The van der Waals surface area contributed by atoms with E-state index in [2.05, 4.69) is 9.97 Å². The molecule has 3 nitrogen and oxygen atoms in total. The van der Waals surface area contributed by atoms with Crippen LogP contribution in [0.1, 0.15) is 11.5 Å². The first-order valence-electron chi connectivity index (χ1n) is 4.12. The van der Waals surface area contributed by atoms with Gasteiger partial charge >= 0.3 is 0 Å². The highest BCUT2D eigenvalue weighted by atomic mass is 16.4. The van der Waals surface area contributed by atoms with Gasteiger partial charge in [0.05, 0.1) is 11.3 Å². The van der Waals surface area contributed by atoms with Crippen molar-refractivity contribution < 1.29 is 4.42 Å². The van der Waals surface area contributed by atoms with Gasteiger partial charge in [0.15, 0.2) is 0 Å². The molecule has 2 aromatic rings. The van der Waals surface area contributed by atoms with E-state index in [1.165, 1.54) is 0 Å². The van der Waals surface area contributed by atoms with Gasteiger partial charge in [0, 0.05) is 12.4 Å². The van der Waals surface area contributed by atoms with Crippen molar-refractivity contribution in [3.8, 4) is 11.5 Å². The third-order valence-corrected chi connectivity index (χ3v) is 1.94. The van der Waals surface area contributed by atoms with Gasteiger partial charge in [-0.05, 0) is 26.0 Å². The molecule has 0 radical (unpaired) electrons. The van der Waals surface area contributed by atoms with Gasteiger partial charge in [0.2, 0.25) is 5.89 Å². The molecule has 0 fully saturated rings. The maximum Gasteiger partial charge on any atom is 0.228 e. The summed E-state index contributed by atoms with van der Waals surface area (Å²) in [6, 6.07) is 3.79. The highest BCUT2D eigenvalue weighted by Gasteiger charge is 2.06. The Balaban J connectivity index is 2.48. The van der Waals surface area contributed by atoms with Crippen LogP contribution in [-0.4, -0.2) is 9.97 Å². The Morgan fingerprint density at radius 1 is 1.31 bits per heavy atom. The van der Waals surface area contributed by atoms with Crippen LogP contribution in [0.2, 0.25) is 0 Å². The molecule has 0 spiro atoms. The van der Waals surface area contributed by atoms with E-state index in [9.17, 15) is 0 Å². The van der Waals surface area contributed by atoms with E-state index >= 15 is 0 Å². The standard InChI is InChI=1S/C10H10N2O/c1-7-8(2)13-10(12-7)9-4-3-5-11-6-9/h3-6H,1-2H3. The lowest BCUT2D eigenvalue weighted by Crippen LogP contribution is -1.78. The van der Waals surface area contributed by atoms with E-state index in [4.69, 9.17) is 4.42 Å². The zero-order chi connectivity index (χ0) is 9.26. The molecule has 0 saturated carbocycles. The van der Waals surface area contributed by atoms with Crippen LogP contribution in [-0.2, 0) is 0 Å². The van der Waals surface area contributed by atoms with E-state index < -0.39 is 0 Å². The van der Waals surface area contributed by atoms with Crippen molar-refractivity contribution in [1.29, 1.82) is 0 Å². The van der Waals surface area contributed by atoms with Crippen molar-refractivity contribution in [2.45, 2.75) is 13.8 Å². The van der Waals surface area contributed by atoms with Gasteiger partial charge in [-0.25, -0.2) is 4.98 Å². The summed E-state index contributed by atoms with van der Waals surface area (Å²) in [5, 5.41) is 0. The zero-order valence-electron chi connectivity index (χ0n) is 7.61. The fourth-order valence-corrected chi connectivity index (χ4v) is 1.09. The first-order valence-corrected chi connectivity index (χ1v) is 4.12. The van der Waals surface area contributed by atoms with Gasteiger partial charge in [-0.3, -0.25) is 4.98 Å². The zero-order valence-corrected chi connectivity index (χ0v) is 7.61. The van der Waals surface area contributed by atoms with Crippen LogP contribution in [0.5, 0.6) is 0 Å². The Morgan fingerprint density at radius 3 is 2.69 bits per heavy atom. The van der Waals surface area contributed by atoms with Crippen LogP contribution in [0, 0.1) is 13.8 Å². The largest absolute Gasteiger partial charge is 0.441 e. The molecule has 2 rings (SSSR count). The second-order valence-electron chi connectivity index (χ2n) is 2.90. The predicted octanol–water partition coefficient (Wildman–Crippen LogP) is 2.35. The minimum absolute atomic E-state index is 0.642. The van der Waals surface area contributed by atoms with Crippen LogP contribution in [0.15, 0.2) is 28.9 Å². The molecule has 0 aromatic carbocycles. The second kappa shape index (κ2) is 3.01. The predicted molar refractivity (Wildman–Crippen MR) is 49.2 cm³/mol. The number of hydrogen-bond donors (Lipinski definition) is 0. The minimum Gasteiger partial charge on any atom is -0.441 e. The number of nitrogens with zero attached hydrogens (tertiary/aromatic N) is 2. The Kier molecular flexibility index (Phi) is 1.85. The molecule has 0 aliphatic rings. The van der Waals surface area contributed by atoms with Crippen LogP contribution in [0.25, 0.3) is 11.5 Å². The summed E-state index contributed by atoms with van der Waals surface area (Å²) in [6.07, 6.45) is 3.47. The number of pyridine rings is 1. The third kappa shape index (κ3) is 1.45. The molecule has 13 heavy (non-hydrogen) atoms. The summed E-state index contributed by atoms with van der Waals surface area (Å²) in [6.45, 7) is 3.83. The lowest BCUT2D eigenvalue weighted by molar-refractivity contribution is 0.540. The first kappa shape index (κ1) is 7.98. The first-order chi connectivity index (χ1) is 6.27. The summed E-state index contributed by atoms with van der Waals surface area (Å²) in [4.78, 5) is 8.27. The topological polar surface area (TPSA) is 38.9 Å². The quantitative estimate of drug-likeness (QED) is 0.666. The van der Waals surface area contributed by atoms with Crippen molar-refractivity contribution >= 4 is 0 Å². The van der Waals surface area contributed by atoms with Gasteiger partial charge in [0.1, 0.15) is 5.76 Å². The Bertz CT molecular complexity index is 387. The van der Waals surface area contributed by atoms with Crippen LogP contribution in [0.3, 0.4) is 0 Å². The molecule has 0 bridgehead atoms. The molecular formula is C10H10N2O. The number of aromatic nitrogens is 2.